The molecule has 0 rings (SSSR count). The van der Waals surface area contributed by atoms with Crippen molar-refractivity contribution in [3.8, 4) is 0 Å². The molecule has 0 fully saturated rings. The van der Waals surface area contributed by atoms with Crippen LogP contribution >= 0.6 is 0 Å². The lowest BCUT2D eigenvalue weighted by atomic mass is 10.9. The summed E-state index contributed by atoms with van der Waals surface area (Å²) in [7, 11) is 3.34. The van der Waals surface area contributed by atoms with Crippen LogP contribution in [0.4, 0.5) is 0 Å². The smallest absolute Gasteiger partial charge is 0.0638 e. The van der Waals surface area contributed by atoms with Gasteiger partial charge in [0.15, 0.2) is 0 Å². The van der Waals surface area contributed by atoms with Gasteiger partial charge >= 0.3 is 0 Å². The highest BCUT2D eigenvalue weighted by atomic mass is 16.7. The molecule has 0 amide bonds. The van der Waals surface area contributed by atoms with Gasteiger partial charge in [0, 0.05) is 19.4 Å². The van der Waals surface area contributed by atoms with Gasteiger partial charge in [0.1, 0.15) is 0 Å². The molecule has 0 atom stereocenters. The molecule has 0 spiro atoms. The number of aliphatic imine (C=N–C) groups is 1. The molecule has 0 bridgehead atoms. The molecule has 0 saturated carbocycles. The average Bonchev–Trinajstić information content (AvgIpc) is 1.83. The molecular weight excluding hydrogens is 104 g/mol. The van der Waals surface area contributed by atoms with Gasteiger partial charge in [0.25, 0.3) is 0 Å². The van der Waals surface area contributed by atoms with Crippen LogP contribution in [0.15, 0.2) is 17.4 Å². The monoisotopic (exact) mass is 114 g/mol. The summed E-state index contributed by atoms with van der Waals surface area (Å²) in [5.74, 6) is 0. The van der Waals surface area contributed by atoms with Crippen molar-refractivity contribution < 1.29 is 4.84 Å². The third kappa shape index (κ3) is 3.36. The van der Waals surface area contributed by atoms with E-state index in [0.29, 0.717) is 0 Å². The summed E-state index contributed by atoms with van der Waals surface area (Å²) in [5.41, 5.74) is 0. The Morgan fingerprint density at radius 1 is 1.75 bits per heavy atom. The van der Waals surface area contributed by atoms with E-state index in [2.05, 4.69) is 11.7 Å². The van der Waals surface area contributed by atoms with Crippen LogP contribution in [0.3, 0.4) is 0 Å². The lowest BCUT2D eigenvalue weighted by Gasteiger charge is -2.06. The summed E-state index contributed by atoms with van der Waals surface area (Å²) < 4.78 is 0. The van der Waals surface area contributed by atoms with E-state index < -0.39 is 0 Å². The van der Waals surface area contributed by atoms with Gasteiger partial charge in [-0.15, -0.1) is 0 Å². The lowest BCUT2D eigenvalue weighted by molar-refractivity contribution is -0.0646. The van der Waals surface area contributed by atoms with Gasteiger partial charge in [-0.2, -0.15) is 0 Å². The van der Waals surface area contributed by atoms with E-state index in [-0.39, 0.29) is 0 Å². The van der Waals surface area contributed by atoms with Crippen molar-refractivity contribution >= 4 is 6.72 Å². The van der Waals surface area contributed by atoms with Crippen LogP contribution in [0.2, 0.25) is 0 Å². The van der Waals surface area contributed by atoms with Crippen molar-refractivity contribution in [2.24, 2.45) is 4.99 Å². The maximum Gasteiger partial charge on any atom is 0.0638 e. The molecular formula is C5H10N2O. The number of nitrogens with zero attached hydrogens (tertiary/aromatic N) is 2. The van der Waals surface area contributed by atoms with Crippen molar-refractivity contribution in [1.29, 1.82) is 0 Å². The maximum absolute atomic E-state index is 4.71. The standard InChI is InChI=1S/C5H10N2O/c1-6-4-5-7(2)8-3/h4-5H,1H2,2-3H3/b5-4-. The van der Waals surface area contributed by atoms with Crippen molar-refractivity contribution in [3.63, 3.8) is 0 Å². The molecule has 0 aromatic carbocycles. The number of hydroxylamine groups is 2. The molecule has 0 aliphatic heterocycles. The second-order valence-electron chi connectivity index (χ2n) is 1.21. The molecule has 0 radical (unpaired) electrons. The van der Waals surface area contributed by atoms with E-state index in [4.69, 9.17) is 4.84 Å². The SMILES string of the molecule is C=N/C=C\N(C)OC. The van der Waals surface area contributed by atoms with Crippen LogP contribution in [-0.4, -0.2) is 25.9 Å². The molecule has 0 aromatic heterocycles. The van der Waals surface area contributed by atoms with E-state index in [9.17, 15) is 0 Å². The van der Waals surface area contributed by atoms with Gasteiger partial charge in [0.2, 0.25) is 0 Å². The summed E-state index contributed by atoms with van der Waals surface area (Å²) in [5, 5.41) is 1.52. The fourth-order valence-electron chi connectivity index (χ4n) is 0.202. The van der Waals surface area contributed by atoms with Crippen LogP contribution < -0.4 is 0 Å². The van der Waals surface area contributed by atoms with Crippen molar-refractivity contribution in [1.82, 2.24) is 5.06 Å². The highest BCUT2D eigenvalue weighted by molar-refractivity contribution is 5.25. The Labute approximate surface area is 49.2 Å². The summed E-state index contributed by atoms with van der Waals surface area (Å²) in [6, 6.07) is 0. The van der Waals surface area contributed by atoms with Gasteiger partial charge in [-0.25, -0.2) is 0 Å². The lowest BCUT2D eigenvalue weighted by Crippen LogP contribution is -2.06. The first-order valence-corrected chi connectivity index (χ1v) is 2.20. The van der Waals surface area contributed by atoms with Crippen molar-refractivity contribution in [2.45, 2.75) is 0 Å². The summed E-state index contributed by atoms with van der Waals surface area (Å²) >= 11 is 0. The molecule has 0 unspecified atom stereocenters. The summed E-state index contributed by atoms with van der Waals surface area (Å²) in [6.07, 6.45) is 3.20. The predicted octanol–water partition coefficient (Wildman–Crippen LogP) is 0.651. The van der Waals surface area contributed by atoms with E-state index in [0.717, 1.165) is 0 Å². The van der Waals surface area contributed by atoms with Crippen LogP contribution in [-0.2, 0) is 4.84 Å². The van der Waals surface area contributed by atoms with Crippen molar-refractivity contribution in [3.05, 3.63) is 12.4 Å². The zero-order valence-corrected chi connectivity index (χ0v) is 5.16. The number of hydrogen-bond acceptors (Lipinski definition) is 3. The van der Waals surface area contributed by atoms with E-state index in [1.807, 2.05) is 0 Å². The maximum atomic E-state index is 4.71. The van der Waals surface area contributed by atoms with Gasteiger partial charge in [-0.1, -0.05) is 0 Å². The molecule has 8 heavy (non-hydrogen) atoms. The van der Waals surface area contributed by atoms with E-state index in [1.165, 1.54) is 5.06 Å². The molecule has 0 aliphatic rings. The van der Waals surface area contributed by atoms with Crippen molar-refractivity contribution in [2.75, 3.05) is 14.2 Å². The van der Waals surface area contributed by atoms with Crippen LogP contribution in [0.5, 0.6) is 0 Å². The highest BCUT2D eigenvalue weighted by Crippen LogP contribution is 1.81. The van der Waals surface area contributed by atoms with E-state index in [1.54, 1.807) is 26.6 Å². The predicted molar refractivity (Wildman–Crippen MR) is 33.5 cm³/mol. The highest BCUT2D eigenvalue weighted by Gasteiger charge is 1.77. The van der Waals surface area contributed by atoms with Gasteiger partial charge < -0.3 is 0 Å². The number of hydrogen-bond donors (Lipinski definition) is 0. The Morgan fingerprint density at radius 3 is 2.75 bits per heavy atom. The molecule has 0 saturated heterocycles. The Balaban J connectivity index is 3.35. The largest absolute Gasteiger partial charge is 0.278 e. The first-order chi connectivity index (χ1) is 3.81. The topological polar surface area (TPSA) is 24.8 Å². The third-order valence-electron chi connectivity index (χ3n) is 0.670. The Morgan fingerprint density at radius 2 is 2.38 bits per heavy atom. The molecule has 0 aromatic rings. The molecule has 3 nitrogen and oxygen atoms in total. The minimum atomic E-state index is 1.52. The molecule has 0 aliphatic carbocycles. The second-order valence-corrected chi connectivity index (χ2v) is 1.21. The van der Waals surface area contributed by atoms with Gasteiger partial charge in [0.05, 0.1) is 7.11 Å². The fraction of sp³-hybridized carbons (Fsp3) is 0.400. The molecule has 0 heterocycles. The quantitative estimate of drug-likeness (QED) is 0.397. The normalized spacial score (nSPS) is 9.75. The number of rotatable bonds is 3. The third-order valence-corrected chi connectivity index (χ3v) is 0.670. The van der Waals surface area contributed by atoms with Gasteiger partial charge in [-0.3, -0.25) is 14.9 Å². The minimum absolute atomic E-state index is 1.52. The molecule has 0 N–H and O–H groups in total. The minimum Gasteiger partial charge on any atom is -0.278 e. The molecule has 3 heteroatoms. The molecule has 46 valence electrons. The Hall–Kier alpha value is -0.830. The average molecular weight is 114 g/mol. The van der Waals surface area contributed by atoms with Gasteiger partial charge in [-0.05, 0) is 6.72 Å². The van der Waals surface area contributed by atoms with Crippen LogP contribution in [0, 0.1) is 0 Å². The summed E-state index contributed by atoms with van der Waals surface area (Å²) in [6.45, 7) is 3.25. The van der Waals surface area contributed by atoms with E-state index >= 15 is 0 Å². The fourth-order valence-corrected chi connectivity index (χ4v) is 0.202. The second kappa shape index (κ2) is 4.33. The first-order valence-electron chi connectivity index (χ1n) is 2.20. The summed E-state index contributed by atoms with van der Waals surface area (Å²) in [4.78, 5) is 8.18. The Bertz CT molecular complexity index is 90.4. The zero-order chi connectivity index (χ0) is 6.41. The Kier molecular flexibility index (Phi) is 3.88. The van der Waals surface area contributed by atoms with Crippen LogP contribution in [0.1, 0.15) is 0 Å². The first kappa shape index (κ1) is 7.17. The zero-order valence-electron chi connectivity index (χ0n) is 5.16. The van der Waals surface area contributed by atoms with Crippen LogP contribution in [0.25, 0.3) is 0 Å².